The van der Waals surface area contributed by atoms with Gasteiger partial charge in [0, 0.05) is 19.2 Å². The van der Waals surface area contributed by atoms with Crippen LogP contribution in [-0.2, 0) is 6.54 Å². The van der Waals surface area contributed by atoms with Crippen LogP contribution in [0.15, 0.2) is 18.2 Å². The SMILES string of the molecule is CC(C)(C)C(CCO)NCc1ccc(F)c(Cl)c1. The Balaban J connectivity index is 2.64. The normalized spacial score (nSPS) is 13.7. The molecule has 0 aliphatic carbocycles. The van der Waals surface area contributed by atoms with Gasteiger partial charge in [0.2, 0.25) is 0 Å². The fraction of sp³-hybridized carbons (Fsp3) is 0.571. The van der Waals surface area contributed by atoms with Crippen LogP contribution < -0.4 is 5.32 Å². The third-order valence-corrected chi connectivity index (χ3v) is 3.29. The molecule has 102 valence electrons. The van der Waals surface area contributed by atoms with Crippen LogP contribution in [0.25, 0.3) is 0 Å². The van der Waals surface area contributed by atoms with Crippen LogP contribution in [0, 0.1) is 11.2 Å². The second kappa shape index (κ2) is 6.50. The molecule has 1 atom stereocenters. The third kappa shape index (κ3) is 4.56. The van der Waals surface area contributed by atoms with Crippen molar-refractivity contribution in [2.24, 2.45) is 5.41 Å². The fourth-order valence-corrected chi connectivity index (χ4v) is 2.06. The molecule has 0 saturated heterocycles. The summed E-state index contributed by atoms with van der Waals surface area (Å²) >= 11 is 5.74. The molecule has 0 spiro atoms. The summed E-state index contributed by atoms with van der Waals surface area (Å²) in [5.74, 6) is -0.400. The molecule has 0 aliphatic heterocycles. The Kier molecular flexibility index (Phi) is 5.57. The second-order valence-electron chi connectivity index (χ2n) is 5.56. The molecule has 1 rings (SSSR count). The molecule has 0 aromatic heterocycles. The van der Waals surface area contributed by atoms with E-state index >= 15 is 0 Å². The van der Waals surface area contributed by atoms with E-state index in [1.54, 1.807) is 12.1 Å². The quantitative estimate of drug-likeness (QED) is 0.862. The van der Waals surface area contributed by atoms with Crippen molar-refractivity contribution in [2.45, 2.75) is 39.8 Å². The van der Waals surface area contributed by atoms with Crippen molar-refractivity contribution >= 4 is 11.6 Å². The third-order valence-electron chi connectivity index (χ3n) is 3.00. The lowest BCUT2D eigenvalue weighted by Gasteiger charge is -2.31. The van der Waals surface area contributed by atoms with E-state index in [4.69, 9.17) is 16.7 Å². The van der Waals surface area contributed by atoms with Crippen LogP contribution in [0.5, 0.6) is 0 Å². The first kappa shape index (κ1) is 15.4. The molecule has 0 heterocycles. The summed E-state index contributed by atoms with van der Waals surface area (Å²) in [5.41, 5.74) is 1.00. The molecular formula is C14H21ClFNO. The number of halogens is 2. The van der Waals surface area contributed by atoms with Crippen molar-refractivity contribution in [3.05, 3.63) is 34.6 Å². The Labute approximate surface area is 113 Å². The summed E-state index contributed by atoms with van der Waals surface area (Å²) in [4.78, 5) is 0. The average molecular weight is 274 g/mol. The van der Waals surface area contributed by atoms with E-state index in [2.05, 4.69) is 26.1 Å². The molecule has 1 aromatic carbocycles. The van der Waals surface area contributed by atoms with Crippen LogP contribution in [0.2, 0.25) is 5.02 Å². The summed E-state index contributed by atoms with van der Waals surface area (Å²) in [6, 6.07) is 4.92. The number of hydrogen-bond acceptors (Lipinski definition) is 2. The number of benzene rings is 1. The van der Waals surface area contributed by atoms with Gasteiger partial charge in [0.25, 0.3) is 0 Å². The van der Waals surface area contributed by atoms with Crippen molar-refractivity contribution in [1.82, 2.24) is 5.32 Å². The zero-order chi connectivity index (χ0) is 13.8. The maximum atomic E-state index is 13.0. The van der Waals surface area contributed by atoms with Crippen molar-refractivity contribution in [3.8, 4) is 0 Å². The van der Waals surface area contributed by atoms with E-state index in [0.717, 1.165) is 5.56 Å². The smallest absolute Gasteiger partial charge is 0.141 e. The van der Waals surface area contributed by atoms with Gasteiger partial charge in [-0.3, -0.25) is 0 Å². The van der Waals surface area contributed by atoms with Gasteiger partial charge < -0.3 is 10.4 Å². The molecule has 0 radical (unpaired) electrons. The minimum Gasteiger partial charge on any atom is -0.396 e. The first-order valence-electron chi connectivity index (χ1n) is 6.12. The molecule has 0 aliphatic rings. The Bertz CT molecular complexity index is 390. The largest absolute Gasteiger partial charge is 0.396 e. The predicted octanol–water partition coefficient (Wildman–Crippen LogP) is 3.37. The van der Waals surface area contributed by atoms with Crippen LogP contribution >= 0.6 is 11.6 Å². The fourth-order valence-electron chi connectivity index (χ4n) is 1.86. The molecule has 0 fully saturated rings. The maximum absolute atomic E-state index is 13.0. The monoisotopic (exact) mass is 273 g/mol. The van der Waals surface area contributed by atoms with Gasteiger partial charge in [-0.1, -0.05) is 38.4 Å². The Hall–Kier alpha value is -0.640. The first-order valence-corrected chi connectivity index (χ1v) is 6.50. The molecule has 0 amide bonds. The second-order valence-corrected chi connectivity index (χ2v) is 5.97. The maximum Gasteiger partial charge on any atom is 0.141 e. The van der Waals surface area contributed by atoms with Crippen molar-refractivity contribution < 1.29 is 9.50 Å². The van der Waals surface area contributed by atoms with Gasteiger partial charge in [0.05, 0.1) is 5.02 Å². The standard InChI is InChI=1S/C14H21ClFNO/c1-14(2,3)13(6-7-18)17-9-10-4-5-12(16)11(15)8-10/h4-5,8,13,17-18H,6-7,9H2,1-3H3. The molecule has 0 saturated carbocycles. The van der Waals surface area contributed by atoms with E-state index in [-0.39, 0.29) is 23.1 Å². The van der Waals surface area contributed by atoms with Crippen molar-refractivity contribution in [3.63, 3.8) is 0 Å². The highest BCUT2D eigenvalue weighted by molar-refractivity contribution is 6.30. The molecule has 1 unspecified atom stereocenters. The van der Waals surface area contributed by atoms with Gasteiger partial charge in [0.15, 0.2) is 0 Å². The van der Waals surface area contributed by atoms with Gasteiger partial charge >= 0.3 is 0 Å². The van der Waals surface area contributed by atoms with Gasteiger partial charge in [-0.15, -0.1) is 0 Å². The van der Waals surface area contributed by atoms with Crippen molar-refractivity contribution in [2.75, 3.05) is 6.61 Å². The number of aliphatic hydroxyl groups is 1. The molecule has 0 bridgehead atoms. The summed E-state index contributed by atoms with van der Waals surface area (Å²) in [6.45, 7) is 7.13. The van der Waals surface area contributed by atoms with E-state index in [1.165, 1.54) is 6.07 Å². The van der Waals surface area contributed by atoms with Crippen molar-refractivity contribution in [1.29, 1.82) is 0 Å². The van der Waals surface area contributed by atoms with Crippen LogP contribution in [-0.4, -0.2) is 17.8 Å². The lowest BCUT2D eigenvalue weighted by atomic mass is 9.85. The zero-order valence-corrected chi connectivity index (χ0v) is 11.9. The highest BCUT2D eigenvalue weighted by atomic mass is 35.5. The van der Waals surface area contributed by atoms with E-state index < -0.39 is 5.82 Å². The number of nitrogens with one attached hydrogen (secondary N) is 1. The zero-order valence-electron chi connectivity index (χ0n) is 11.1. The molecule has 1 aromatic rings. The van der Waals surface area contributed by atoms with Crippen LogP contribution in [0.3, 0.4) is 0 Å². The molecule has 2 nitrogen and oxygen atoms in total. The minimum atomic E-state index is -0.400. The number of hydrogen-bond donors (Lipinski definition) is 2. The lowest BCUT2D eigenvalue weighted by molar-refractivity contribution is 0.196. The summed E-state index contributed by atoms with van der Waals surface area (Å²) in [7, 11) is 0. The highest BCUT2D eigenvalue weighted by Gasteiger charge is 2.23. The topological polar surface area (TPSA) is 32.3 Å². The molecular weight excluding hydrogens is 253 g/mol. The van der Waals surface area contributed by atoms with Gasteiger partial charge in [-0.25, -0.2) is 4.39 Å². The number of aliphatic hydroxyl groups excluding tert-OH is 1. The number of rotatable bonds is 5. The molecule has 18 heavy (non-hydrogen) atoms. The van der Waals surface area contributed by atoms with Gasteiger partial charge in [0.1, 0.15) is 5.82 Å². The summed E-state index contributed by atoms with van der Waals surface area (Å²) in [6.07, 6.45) is 0.693. The van der Waals surface area contributed by atoms with Gasteiger partial charge in [-0.2, -0.15) is 0 Å². The van der Waals surface area contributed by atoms with E-state index in [0.29, 0.717) is 13.0 Å². The summed E-state index contributed by atoms with van der Waals surface area (Å²) < 4.78 is 13.0. The molecule has 2 N–H and O–H groups in total. The van der Waals surface area contributed by atoms with Gasteiger partial charge in [-0.05, 0) is 29.5 Å². The predicted molar refractivity (Wildman–Crippen MR) is 73.2 cm³/mol. The first-order chi connectivity index (χ1) is 8.34. The van der Waals surface area contributed by atoms with E-state index in [9.17, 15) is 4.39 Å². The molecule has 4 heteroatoms. The average Bonchev–Trinajstić information content (AvgIpc) is 2.27. The Morgan fingerprint density at radius 3 is 2.56 bits per heavy atom. The van der Waals surface area contributed by atoms with E-state index in [1.807, 2.05) is 0 Å². The highest BCUT2D eigenvalue weighted by Crippen LogP contribution is 2.22. The Morgan fingerprint density at radius 1 is 1.39 bits per heavy atom. The Morgan fingerprint density at radius 2 is 2.06 bits per heavy atom. The van der Waals surface area contributed by atoms with Crippen LogP contribution in [0.1, 0.15) is 32.8 Å². The lowest BCUT2D eigenvalue weighted by Crippen LogP contribution is -2.40. The minimum absolute atomic E-state index is 0.0621. The summed E-state index contributed by atoms with van der Waals surface area (Å²) in [5, 5.41) is 12.6. The van der Waals surface area contributed by atoms with Crippen LogP contribution in [0.4, 0.5) is 4.39 Å².